The van der Waals surface area contributed by atoms with Gasteiger partial charge in [0.25, 0.3) is 0 Å². The molecule has 0 aromatic carbocycles. The van der Waals surface area contributed by atoms with Gasteiger partial charge in [-0.1, -0.05) is 13.3 Å². The molecule has 1 aliphatic rings. The lowest BCUT2D eigenvalue weighted by molar-refractivity contribution is 0.180. The van der Waals surface area contributed by atoms with Crippen LogP contribution in [0.4, 0.5) is 11.6 Å². The molecule has 1 aromatic heterocycles. The van der Waals surface area contributed by atoms with Crippen molar-refractivity contribution in [3.8, 4) is 0 Å². The standard InChI is InChI=1S/C11H18N4/c1-11(4-3-5-11)8-14-10-7-13-6-9(12-2)15-10/h6-7H,3-5,8H2,1-2H3,(H2,12,14,15). The first kappa shape index (κ1) is 10.2. The maximum atomic E-state index is 4.37. The van der Waals surface area contributed by atoms with E-state index in [0.29, 0.717) is 5.41 Å². The van der Waals surface area contributed by atoms with Crippen LogP contribution in [0.15, 0.2) is 12.4 Å². The molecule has 2 rings (SSSR count). The average molecular weight is 206 g/mol. The first-order valence-electron chi connectivity index (χ1n) is 5.46. The predicted octanol–water partition coefficient (Wildman–Crippen LogP) is 2.12. The zero-order valence-electron chi connectivity index (χ0n) is 9.38. The molecule has 1 fully saturated rings. The lowest BCUT2D eigenvalue weighted by Crippen LogP contribution is -2.33. The van der Waals surface area contributed by atoms with E-state index in [2.05, 4.69) is 27.5 Å². The van der Waals surface area contributed by atoms with Crippen molar-refractivity contribution in [1.82, 2.24) is 9.97 Å². The van der Waals surface area contributed by atoms with E-state index in [4.69, 9.17) is 0 Å². The van der Waals surface area contributed by atoms with Crippen LogP contribution in [0.2, 0.25) is 0 Å². The van der Waals surface area contributed by atoms with Gasteiger partial charge < -0.3 is 10.6 Å². The van der Waals surface area contributed by atoms with Crippen molar-refractivity contribution in [2.75, 3.05) is 24.2 Å². The van der Waals surface area contributed by atoms with Crippen LogP contribution in [0.25, 0.3) is 0 Å². The number of hydrogen-bond acceptors (Lipinski definition) is 4. The van der Waals surface area contributed by atoms with Gasteiger partial charge >= 0.3 is 0 Å². The summed E-state index contributed by atoms with van der Waals surface area (Å²) in [7, 11) is 1.85. The molecule has 1 saturated carbocycles. The summed E-state index contributed by atoms with van der Waals surface area (Å²) in [6, 6.07) is 0. The molecule has 0 bridgehead atoms. The Bertz CT molecular complexity index is 333. The first-order valence-corrected chi connectivity index (χ1v) is 5.46. The molecule has 1 aromatic rings. The highest BCUT2D eigenvalue weighted by Gasteiger charge is 2.31. The van der Waals surface area contributed by atoms with E-state index in [0.717, 1.165) is 18.2 Å². The van der Waals surface area contributed by atoms with Crippen LogP contribution in [-0.4, -0.2) is 23.6 Å². The Hall–Kier alpha value is -1.32. The van der Waals surface area contributed by atoms with E-state index < -0.39 is 0 Å². The van der Waals surface area contributed by atoms with Gasteiger partial charge in [0.15, 0.2) is 0 Å². The fraction of sp³-hybridized carbons (Fsp3) is 0.636. The van der Waals surface area contributed by atoms with Crippen LogP contribution in [0.3, 0.4) is 0 Å². The van der Waals surface area contributed by atoms with E-state index in [9.17, 15) is 0 Å². The van der Waals surface area contributed by atoms with Crippen molar-refractivity contribution < 1.29 is 0 Å². The highest BCUT2D eigenvalue weighted by molar-refractivity contribution is 5.41. The zero-order chi connectivity index (χ0) is 10.7. The van der Waals surface area contributed by atoms with E-state index in [1.54, 1.807) is 12.4 Å². The van der Waals surface area contributed by atoms with Gasteiger partial charge in [-0.25, -0.2) is 4.98 Å². The van der Waals surface area contributed by atoms with Gasteiger partial charge in [0.1, 0.15) is 11.6 Å². The molecular formula is C11H18N4. The van der Waals surface area contributed by atoms with E-state index in [1.807, 2.05) is 7.05 Å². The largest absolute Gasteiger partial charge is 0.372 e. The fourth-order valence-electron chi connectivity index (χ4n) is 1.83. The van der Waals surface area contributed by atoms with Crippen LogP contribution in [0.5, 0.6) is 0 Å². The second kappa shape index (κ2) is 4.04. The van der Waals surface area contributed by atoms with Gasteiger partial charge in [0, 0.05) is 13.6 Å². The maximum absolute atomic E-state index is 4.37. The van der Waals surface area contributed by atoms with Crippen LogP contribution < -0.4 is 10.6 Å². The summed E-state index contributed by atoms with van der Waals surface area (Å²) in [6.45, 7) is 3.31. The summed E-state index contributed by atoms with van der Waals surface area (Å²) in [5, 5.41) is 6.33. The molecule has 1 aliphatic carbocycles. The second-order valence-corrected chi connectivity index (χ2v) is 4.56. The van der Waals surface area contributed by atoms with E-state index in [-0.39, 0.29) is 0 Å². The molecule has 82 valence electrons. The normalized spacial score (nSPS) is 18.0. The molecule has 0 amide bonds. The average Bonchev–Trinajstić information content (AvgIpc) is 2.24. The Morgan fingerprint density at radius 1 is 1.33 bits per heavy atom. The van der Waals surface area contributed by atoms with Gasteiger partial charge in [-0.15, -0.1) is 0 Å². The van der Waals surface area contributed by atoms with Crippen molar-refractivity contribution in [2.45, 2.75) is 26.2 Å². The molecule has 1 heterocycles. The number of nitrogens with one attached hydrogen (secondary N) is 2. The minimum Gasteiger partial charge on any atom is -0.372 e. The van der Waals surface area contributed by atoms with Crippen molar-refractivity contribution >= 4 is 11.6 Å². The van der Waals surface area contributed by atoms with Crippen LogP contribution >= 0.6 is 0 Å². The number of anilines is 2. The summed E-state index contributed by atoms with van der Waals surface area (Å²) in [5.41, 5.74) is 0.470. The van der Waals surface area contributed by atoms with Crippen molar-refractivity contribution in [1.29, 1.82) is 0 Å². The summed E-state index contributed by atoms with van der Waals surface area (Å²) in [5.74, 6) is 1.66. The first-order chi connectivity index (χ1) is 7.22. The molecule has 0 spiro atoms. The van der Waals surface area contributed by atoms with Crippen molar-refractivity contribution in [3.63, 3.8) is 0 Å². The Kier molecular flexibility index (Phi) is 2.75. The Balaban J connectivity index is 1.92. The molecule has 0 unspecified atom stereocenters. The summed E-state index contributed by atoms with van der Waals surface area (Å²) < 4.78 is 0. The minimum atomic E-state index is 0.470. The predicted molar refractivity (Wildman–Crippen MR) is 62.0 cm³/mol. The smallest absolute Gasteiger partial charge is 0.146 e. The topological polar surface area (TPSA) is 49.8 Å². The molecule has 0 aliphatic heterocycles. The van der Waals surface area contributed by atoms with E-state index in [1.165, 1.54) is 19.3 Å². The number of aromatic nitrogens is 2. The van der Waals surface area contributed by atoms with Gasteiger partial charge in [-0.3, -0.25) is 4.98 Å². The summed E-state index contributed by atoms with van der Waals surface area (Å²) >= 11 is 0. The minimum absolute atomic E-state index is 0.470. The molecule has 0 saturated heterocycles. The Morgan fingerprint density at radius 2 is 2.07 bits per heavy atom. The number of rotatable bonds is 4. The molecular weight excluding hydrogens is 188 g/mol. The third-order valence-corrected chi connectivity index (χ3v) is 3.15. The molecule has 0 atom stereocenters. The van der Waals surface area contributed by atoms with Crippen LogP contribution in [0, 0.1) is 5.41 Å². The highest BCUT2D eigenvalue weighted by atomic mass is 15.1. The van der Waals surface area contributed by atoms with Crippen LogP contribution in [-0.2, 0) is 0 Å². The van der Waals surface area contributed by atoms with Crippen molar-refractivity contribution in [3.05, 3.63) is 12.4 Å². The second-order valence-electron chi connectivity index (χ2n) is 4.56. The molecule has 4 heteroatoms. The Labute approximate surface area is 90.5 Å². The highest BCUT2D eigenvalue weighted by Crippen LogP contribution is 2.40. The molecule has 2 N–H and O–H groups in total. The van der Waals surface area contributed by atoms with Gasteiger partial charge in [-0.05, 0) is 18.3 Å². The molecule has 4 nitrogen and oxygen atoms in total. The lowest BCUT2D eigenvalue weighted by atomic mass is 9.70. The van der Waals surface area contributed by atoms with Gasteiger partial charge in [0.05, 0.1) is 12.4 Å². The Morgan fingerprint density at radius 3 is 2.67 bits per heavy atom. The zero-order valence-corrected chi connectivity index (χ0v) is 9.38. The lowest BCUT2D eigenvalue weighted by Gasteiger charge is -2.38. The van der Waals surface area contributed by atoms with Crippen LogP contribution in [0.1, 0.15) is 26.2 Å². The third-order valence-electron chi connectivity index (χ3n) is 3.15. The SMILES string of the molecule is CNc1cncc(NCC2(C)CCC2)n1. The summed E-state index contributed by atoms with van der Waals surface area (Å²) in [4.78, 5) is 8.48. The van der Waals surface area contributed by atoms with Gasteiger partial charge in [-0.2, -0.15) is 0 Å². The quantitative estimate of drug-likeness (QED) is 0.792. The molecule has 0 radical (unpaired) electrons. The fourth-order valence-corrected chi connectivity index (χ4v) is 1.83. The maximum Gasteiger partial charge on any atom is 0.146 e. The number of nitrogens with zero attached hydrogens (tertiary/aromatic N) is 2. The van der Waals surface area contributed by atoms with Crippen molar-refractivity contribution in [2.24, 2.45) is 5.41 Å². The monoisotopic (exact) mass is 206 g/mol. The molecule has 15 heavy (non-hydrogen) atoms. The number of hydrogen-bond donors (Lipinski definition) is 2. The summed E-state index contributed by atoms with van der Waals surface area (Å²) in [6.07, 6.45) is 7.48. The van der Waals surface area contributed by atoms with Gasteiger partial charge in [0.2, 0.25) is 0 Å². The van der Waals surface area contributed by atoms with E-state index >= 15 is 0 Å². The third kappa shape index (κ3) is 2.37.